The van der Waals surface area contributed by atoms with Gasteiger partial charge in [0.25, 0.3) is 5.91 Å². The highest BCUT2D eigenvalue weighted by molar-refractivity contribution is 7.92. The molecule has 0 fully saturated rings. The lowest BCUT2D eigenvalue weighted by Gasteiger charge is -2.23. The second-order valence-corrected chi connectivity index (χ2v) is 9.92. The molecular weight excluding hydrogens is 384 g/mol. The first-order chi connectivity index (χ1) is 13.7. The van der Waals surface area contributed by atoms with Gasteiger partial charge in [-0.1, -0.05) is 31.2 Å². The number of fused-ring (bicyclic) bond motifs is 1. The first kappa shape index (κ1) is 21.4. The van der Waals surface area contributed by atoms with Crippen LogP contribution >= 0.6 is 0 Å². The molecule has 0 saturated carbocycles. The van der Waals surface area contributed by atoms with Crippen LogP contribution in [-0.4, -0.2) is 27.6 Å². The lowest BCUT2D eigenvalue weighted by molar-refractivity contribution is 0.0935. The number of amides is 1. The van der Waals surface area contributed by atoms with Crippen LogP contribution in [-0.2, 0) is 22.9 Å². The van der Waals surface area contributed by atoms with Crippen LogP contribution in [0, 0.1) is 6.92 Å². The Bertz CT molecular complexity index is 1010. The molecule has 1 amide bonds. The highest BCUT2D eigenvalue weighted by Gasteiger charge is 2.20. The standard InChI is InChI=1S/C23H30N2O3S/c1-5-21(19-13-12-17-8-6-7-9-18(17)14-19)24-23(26)20-11-10-16(2)22(15-20)25(3)29(4,27)28/h10-15,21H,5-9H2,1-4H3,(H,24,26)/t21-/m1/s1. The van der Waals surface area contributed by atoms with E-state index in [9.17, 15) is 13.2 Å². The van der Waals surface area contributed by atoms with Gasteiger partial charge in [0.1, 0.15) is 0 Å². The lowest BCUT2D eigenvalue weighted by atomic mass is 9.88. The first-order valence-corrected chi connectivity index (χ1v) is 12.0. The summed E-state index contributed by atoms with van der Waals surface area (Å²) < 4.78 is 25.0. The second kappa shape index (κ2) is 8.57. The molecule has 6 heteroatoms. The van der Waals surface area contributed by atoms with Crippen molar-refractivity contribution in [2.75, 3.05) is 17.6 Å². The summed E-state index contributed by atoms with van der Waals surface area (Å²) in [5.41, 5.74) is 5.72. The van der Waals surface area contributed by atoms with Crippen molar-refractivity contribution in [3.05, 3.63) is 64.2 Å². The third-order valence-electron chi connectivity index (χ3n) is 5.80. The minimum atomic E-state index is -3.40. The second-order valence-electron chi connectivity index (χ2n) is 7.90. The molecule has 0 aliphatic heterocycles. The van der Waals surface area contributed by atoms with Crippen molar-refractivity contribution in [3.63, 3.8) is 0 Å². The van der Waals surface area contributed by atoms with E-state index in [4.69, 9.17) is 0 Å². The van der Waals surface area contributed by atoms with Gasteiger partial charge in [-0.25, -0.2) is 8.42 Å². The van der Waals surface area contributed by atoms with Crippen LogP contribution in [0.4, 0.5) is 5.69 Å². The van der Waals surface area contributed by atoms with E-state index < -0.39 is 10.0 Å². The fourth-order valence-electron chi connectivity index (χ4n) is 3.90. The fraction of sp³-hybridized carbons (Fsp3) is 0.435. The topological polar surface area (TPSA) is 66.5 Å². The highest BCUT2D eigenvalue weighted by Crippen LogP contribution is 2.27. The number of hydrogen-bond donors (Lipinski definition) is 1. The molecule has 1 aliphatic carbocycles. The Kier molecular flexibility index (Phi) is 6.32. The Morgan fingerprint density at radius 1 is 1.10 bits per heavy atom. The van der Waals surface area contributed by atoms with Gasteiger partial charge in [0.05, 0.1) is 18.0 Å². The van der Waals surface area contributed by atoms with Crippen LogP contribution in [0.2, 0.25) is 0 Å². The van der Waals surface area contributed by atoms with Gasteiger partial charge in [0.15, 0.2) is 0 Å². The van der Waals surface area contributed by atoms with E-state index in [0.717, 1.165) is 36.6 Å². The number of carbonyl (C=O) groups excluding carboxylic acids is 1. The van der Waals surface area contributed by atoms with Gasteiger partial charge in [-0.2, -0.15) is 0 Å². The Balaban J connectivity index is 1.83. The van der Waals surface area contributed by atoms with Gasteiger partial charge in [0, 0.05) is 12.6 Å². The molecule has 0 unspecified atom stereocenters. The lowest BCUT2D eigenvalue weighted by Crippen LogP contribution is -2.29. The number of benzene rings is 2. The molecule has 0 heterocycles. The number of nitrogens with one attached hydrogen (secondary N) is 1. The van der Waals surface area contributed by atoms with Gasteiger partial charge in [-0.05, 0) is 73.4 Å². The number of carbonyl (C=O) groups is 1. The molecule has 29 heavy (non-hydrogen) atoms. The molecule has 0 spiro atoms. The summed E-state index contributed by atoms with van der Waals surface area (Å²) in [4.78, 5) is 12.9. The number of rotatable bonds is 6. The zero-order chi connectivity index (χ0) is 21.2. The van der Waals surface area contributed by atoms with E-state index in [-0.39, 0.29) is 11.9 Å². The Morgan fingerprint density at radius 2 is 1.79 bits per heavy atom. The van der Waals surface area contributed by atoms with Crippen LogP contribution in [0.15, 0.2) is 36.4 Å². The van der Waals surface area contributed by atoms with Gasteiger partial charge in [-0.3, -0.25) is 9.10 Å². The SMILES string of the molecule is CC[C@@H](NC(=O)c1ccc(C)c(N(C)S(C)(=O)=O)c1)c1ccc2c(c1)CCCC2. The summed E-state index contributed by atoms with van der Waals surface area (Å²) in [6, 6.07) is 11.6. The molecule has 1 aliphatic rings. The van der Waals surface area contributed by atoms with Crippen molar-refractivity contribution in [2.24, 2.45) is 0 Å². The number of hydrogen-bond acceptors (Lipinski definition) is 3. The van der Waals surface area contributed by atoms with Crippen molar-refractivity contribution in [2.45, 2.75) is 52.0 Å². The summed E-state index contributed by atoms with van der Waals surface area (Å²) in [7, 11) is -1.90. The summed E-state index contributed by atoms with van der Waals surface area (Å²) >= 11 is 0. The minimum Gasteiger partial charge on any atom is -0.345 e. The van der Waals surface area contributed by atoms with Crippen LogP contribution in [0.3, 0.4) is 0 Å². The molecule has 0 saturated heterocycles. The molecule has 5 nitrogen and oxygen atoms in total. The molecule has 2 aromatic carbocycles. The molecule has 0 aromatic heterocycles. The van der Waals surface area contributed by atoms with Gasteiger partial charge < -0.3 is 5.32 Å². The van der Waals surface area contributed by atoms with Crippen LogP contribution in [0.5, 0.6) is 0 Å². The summed E-state index contributed by atoms with van der Waals surface area (Å²) in [5.74, 6) is -0.197. The number of sulfonamides is 1. The smallest absolute Gasteiger partial charge is 0.251 e. The molecule has 2 aromatic rings. The normalized spacial score (nSPS) is 14.8. The van der Waals surface area contributed by atoms with Crippen molar-refractivity contribution in [1.82, 2.24) is 5.32 Å². The quantitative estimate of drug-likeness (QED) is 0.772. The Labute approximate surface area is 174 Å². The summed E-state index contributed by atoms with van der Waals surface area (Å²) in [6.07, 6.45) is 6.65. The Hall–Kier alpha value is -2.34. The van der Waals surface area contributed by atoms with Crippen LogP contribution in [0.1, 0.15) is 64.8 Å². The Morgan fingerprint density at radius 3 is 2.45 bits per heavy atom. The molecule has 156 valence electrons. The third-order valence-corrected chi connectivity index (χ3v) is 6.99. The number of nitrogens with zero attached hydrogens (tertiary/aromatic N) is 1. The molecular formula is C23H30N2O3S. The van der Waals surface area contributed by atoms with E-state index in [2.05, 4.69) is 30.4 Å². The minimum absolute atomic E-state index is 0.0767. The number of aryl methyl sites for hydroxylation is 3. The van der Waals surface area contributed by atoms with E-state index in [1.807, 2.05) is 6.92 Å². The first-order valence-electron chi connectivity index (χ1n) is 10.2. The predicted octanol–water partition coefficient (Wildman–Crippen LogP) is 4.15. The van der Waals surface area contributed by atoms with Crippen molar-refractivity contribution in [3.8, 4) is 0 Å². The molecule has 0 bridgehead atoms. The van der Waals surface area contributed by atoms with Crippen LogP contribution < -0.4 is 9.62 Å². The van der Waals surface area contributed by atoms with Gasteiger partial charge >= 0.3 is 0 Å². The molecule has 0 radical (unpaired) electrons. The largest absolute Gasteiger partial charge is 0.345 e. The molecule has 3 rings (SSSR count). The average Bonchev–Trinajstić information content (AvgIpc) is 2.70. The van der Waals surface area contributed by atoms with E-state index in [0.29, 0.717) is 11.3 Å². The van der Waals surface area contributed by atoms with Crippen molar-refractivity contribution >= 4 is 21.6 Å². The molecule has 1 N–H and O–H groups in total. The monoisotopic (exact) mass is 414 g/mol. The zero-order valence-electron chi connectivity index (χ0n) is 17.7. The highest BCUT2D eigenvalue weighted by atomic mass is 32.2. The maximum absolute atomic E-state index is 12.9. The summed E-state index contributed by atoms with van der Waals surface area (Å²) in [5, 5.41) is 3.12. The molecule has 1 atom stereocenters. The van der Waals surface area contributed by atoms with E-state index in [1.165, 1.54) is 35.3 Å². The van der Waals surface area contributed by atoms with E-state index in [1.54, 1.807) is 18.2 Å². The van der Waals surface area contributed by atoms with Crippen LogP contribution in [0.25, 0.3) is 0 Å². The predicted molar refractivity (Wildman–Crippen MR) is 118 cm³/mol. The third kappa shape index (κ3) is 4.81. The van der Waals surface area contributed by atoms with Gasteiger partial charge in [-0.15, -0.1) is 0 Å². The fourth-order valence-corrected chi connectivity index (χ4v) is 4.46. The van der Waals surface area contributed by atoms with Gasteiger partial charge in [0.2, 0.25) is 10.0 Å². The summed E-state index contributed by atoms with van der Waals surface area (Å²) in [6.45, 7) is 3.89. The zero-order valence-corrected chi connectivity index (χ0v) is 18.5. The number of anilines is 1. The van der Waals surface area contributed by atoms with Crippen molar-refractivity contribution < 1.29 is 13.2 Å². The maximum atomic E-state index is 12.9. The van der Waals surface area contributed by atoms with E-state index >= 15 is 0 Å². The van der Waals surface area contributed by atoms with Crippen molar-refractivity contribution in [1.29, 1.82) is 0 Å². The average molecular weight is 415 g/mol. The maximum Gasteiger partial charge on any atom is 0.251 e.